The molecule has 1 unspecified atom stereocenters. The van der Waals surface area contributed by atoms with Crippen LogP contribution in [0.1, 0.15) is 35.0 Å². The van der Waals surface area contributed by atoms with Gasteiger partial charge in [-0.05, 0) is 50.1 Å². The number of carbonyl (C=O) groups excluding carboxylic acids is 1. The van der Waals surface area contributed by atoms with Crippen molar-refractivity contribution in [2.75, 3.05) is 7.11 Å². The summed E-state index contributed by atoms with van der Waals surface area (Å²) >= 11 is 0. The van der Waals surface area contributed by atoms with Gasteiger partial charge in [0.05, 0.1) is 13.4 Å². The Morgan fingerprint density at radius 3 is 2.86 bits per heavy atom. The molecule has 112 valence electrons. The molecule has 0 aliphatic heterocycles. The van der Waals surface area contributed by atoms with E-state index in [1.165, 1.54) is 0 Å². The molecular formula is C17H21NO3. The third kappa shape index (κ3) is 4.12. The fourth-order valence-corrected chi connectivity index (χ4v) is 2.15. The predicted octanol–water partition coefficient (Wildman–Crippen LogP) is 3.35. The molecule has 1 aromatic carbocycles. The number of hydrogen-bond acceptors (Lipinski definition) is 3. The van der Waals surface area contributed by atoms with E-state index in [0.717, 1.165) is 29.9 Å². The first-order valence-electron chi connectivity index (χ1n) is 7.08. The average Bonchev–Trinajstić information content (AvgIpc) is 2.99. The third-order valence-corrected chi connectivity index (χ3v) is 3.45. The van der Waals surface area contributed by atoms with Crippen LogP contribution in [0, 0.1) is 6.92 Å². The van der Waals surface area contributed by atoms with Gasteiger partial charge in [-0.2, -0.15) is 0 Å². The summed E-state index contributed by atoms with van der Waals surface area (Å²) in [5.74, 6) is 1.58. The van der Waals surface area contributed by atoms with E-state index in [-0.39, 0.29) is 11.9 Å². The first-order valence-corrected chi connectivity index (χ1v) is 7.08. The lowest BCUT2D eigenvalue weighted by Gasteiger charge is -2.14. The van der Waals surface area contributed by atoms with E-state index in [9.17, 15) is 4.79 Å². The number of benzene rings is 1. The van der Waals surface area contributed by atoms with Crippen LogP contribution in [0.25, 0.3) is 0 Å². The number of hydrogen-bond donors (Lipinski definition) is 1. The molecule has 1 atom stereocenters. The van der Waals surface area contributed by atoms with E-state index >= 15 is 0 Å². The first kappa shape index (κ1) is 15.2. The van der Waals surface area contributed by atoms with Crippen molar-refractivity contribution in [3.63, 3.8) is 0 Å². The summed E-state index contributed by atoms with van der Waals surface area (Å²) in [7, 11) is 1.61. The van der Waals surface area contributed by atoms with Gasteiger partial charge >= 0.3 is 0 Å². The van der Waals surface area contributed by atoms with Crippen molar-refractivity contribution < 1.29 is 13.9 Å². The molecular weight excluding hydrogens is 266 g/mol. The van der Waals surface area contributed by atoms with Crippen molar-refractivity contribution in [1.29, 1.82) is 0 Å². The van der Waals surface area contributed by atoms with E-state index in [0.29, 0.717) is 5.56 Å². The number of amides is 1. The van der Waals surface area contributed by atoms with Gasteiger partial charge in [0.2, 0.25) is 0 Å². The quantitative estimate of drug-likeness (QED) is 0.886. The molecule has 21 heavy (non-hydrogen) atoms. The summed E-state index contributed by atoms with van der Waals surface area (Å²) < 4.78 is 10.5. The highest BCUT2D eigenvalue weighted by atomic mass is 16.5. The van der Waals surface area contributed by atoms with Crippen LogP contribution in [0.2, 0.25) is 0 Å². The third-order valence-electron chi connectivity index (χ3n) is 3.45. The number of nitrogens with one attached hydrogen (secondary N) is 1. The van der Waals surface area contributed by atoms with E-state index in [1.54, 1.807) is 19.4 Å². The molecule has 2 aromatic rings. The van der Waals surface area contributed by atoms with Crippen LogP contribution in [0.3, 0.4) is 0 Å². The molecule has 0 bridgehead atoms. The summed E-state index contributed by atoms with van der Waals surface area (Å²) in [6, 6.07) is 9.36. The van der Waals surface area contributed by atoms with Gasteiger partial charge in [-0.15, -0.1) is 0 Å². The molecule has 0 aliphatic rings. The minimum Gasteiger partial charge on any atom is -0.496 e. The van der Waals surface area contributed by atoms with E-state index < -0.39 is 0 Å². The van der Waals surface area contributed by atoms with Crippen molar-refractivity contribution in [3.8, 4) is 5.75 Å². The zero-order valence-electron chi connectivity index (χ0n) is 12.7. The molecule has 4 nitrogen and oxygen atoms in total. The number of carbonyl (C=O) groups is 1. The molecule has 1 heterocycles. The van der Waals surface area contributed by atoms with Crippen LogP contribution in [-0.2, 0) is 6.42 Å². The summed E-state index contributed by atoms with van der Waals surface area (Å²) in [5, 5.41) is 2.99. The number of furan rings is 1. The molecule has 4 heteroatoms. The van der Waals surface area contributed by atoms with E-state index in [1.807, 2.05) is 38.1 Å². The number of aryl methyl sites for hydroxylation is 2. The Balaban J connectivity index is 1.91. The van der Waals surface area contributed by atoms with Gasteiger partial charge in [0.1, 0.15) is 11.5 Å². The van der Waals surface area contributed by atoms with Gasteiger partial charge in [0, 0.05) is 18.0 Å². The van der Waals surface area contributed by atoms with Crippen LogP contribution >= 0.6 is 0 Å². The molecule has 0 radical (unpaired) electrons. The number of ether oxygens (including phenoxy) is 1. The average molecular weight is 287 g/mol. The van der Waals surface area contributed by atoms with E-state index in [4.69, 9.17) is 9.15 Å². The Hall–Kier alpha value is -2.23. The van der Waals surface area contributed by atoms with Crippen LogP contribution < -0.4 is 10.1 Å². The topological polar surface area (TPSA) is 51.5 Å². The molecule has 2 rings (SSSR count). The molecule has 0 saturated heterocycles. The maximum atomic E-state index is 12.2. The minimum absolute atomic E-state index is 0.0786. The molecule has 0 aliphatic carbocycles. The van der Waals surface area contributed by atoms with Crippen LogP contribution in [-0.4, -0.2) is 19.1 Å². The van der Waals surface area contributed by atoms with Crippen molar-refractivity contribution in [2.45, 2.75) is 32.7 Å². The van der Waals surface area contributed by atoms with Gasteiger partial charge in [-0.3, -0.25) is 4.79 Å². The summed E-state index contributed by atoms with van der Waals surface area (Å²) in [6.07, 6.45) is 3.31. The van der Waals surface area contributed by atoms with Gasteiger partial charge in [-0.1, -0.05) is 6.07 Å². The summed E-state index contributed by atoms with van der Waals surface area (Å²) in [5.41, 5.74) is 1.63. The second-order valence-corrected chi connectivity index (χ2v) is 5.18. The number of methoxy groups -OCH3 is 1. The number of rotatable bonds is 6. The van der Waals surface area contributed by atoms with Crippen molar-refractivity contribution in [3.05, 3.63) is 53.5 Å². The highest BCUT2D eigenvalue weighted by molar-refractivity contribution is 5.94. The monoisotopic (exact) mass is 287 g/mol. The summed E-state index contributed by atoms with van der Waals surface area (Å²) in [6.45, 7) is 3.94. The zero-order chi connectivity index (χ0) is 15.2. The summed E-state index contributed by atoms with van der Waals surface area (Å²) in [4.78, 5) is 12.2. The lowest BCUT2D eigenvalue weighted by molar-refractivity contribution is 0.0937. The van der Waals surface area contributed by atoms with Crippen LogP contribution in [0.4, 0.5) is 0 Å². The lowest BCUT2D eigenvalue weighted by atomic mass is 10.1. The van der Waals surface area contributed by atoms with Gasteiger partial charge in [-0.25, -0.2) is 0 Å². The molecule has 0 saturated carbocycles. The first-order chi connectivity index (χ1) is 10.1. The second kappa shape index (κ2) is 6.97. The lowest BCUT2D eigenvalue weighted by Crippen LogP contribution is -2.32. The van der Waals surface area contributed by atoms with Crippen molar-refractivity contribution in [2.24, 2.45) is 0 Å². The molecule has 1 aromatic heterocycles. The Labute approximate surface area is 125 Å². The maximum absolute atomic E-state index is 12.2. The fourth-order valence-electron chi connectivity index (χ4n) is 2.15. The van der Waals surface area contributed by atoms with Crippen molar-refractivity contribution >= 4 is 5.91 Å². The largest absolute Gasteiger partial charge is 0.496 e. The van der Waals surface area contributed by atoms with Gasteiger partial charge < -0.3 is 14.5 Å². The van der Waals surface area contributed by atoms with Crippen molar-refractivity contribution in [1.82, 2.24) is 5.32 Å². The van der Waals surface area contributed by atoms with Gasteiger partial charge in [0.25, 0.3) is 5.91 Å². The van der Waals surface area contributed by atoms with Crippen LogP contribution in [0.15, 0.2) is 41.0 Å². The smallest absolute Gasteiger partial charge is 0.251 e. The Bertz CT molecular complexity index is 590. The molecule has 0 spiro atoms. The predicted molar refractivity (Wildman–Crippen MR) is 81.7 cm³/mol. The normalized spacial score (nSPS) is 12.0. The Kier molecular flexibility index (Phi) is 5.04. The van der Waals surface area contributed by atoms with E-state index in [2.05, 4.69) is 5.32 Å². The zero-order valence-corrected chi connectivity index (χ0v) is 12.7. The standard InChI is InChI=1S/C17H21NO3/c1-12-6-8-14(11-16(12)20-3)17(19)18-13(2)7-9-15-5-4-10-21-15/h4-6,8,10-11,13H,7,9H2,1-3H3,(H,18,19). The fraction of sp³-hybridized carbons (Fsp3) is 0.353. The molecule has 0 fully saturated rings. The Morgan fingerprint density at radius 1 is 1.38 bits per heavy atom. The molecule has 1 amide bonds. The van der Waals surface area contributed by atoms with Crippen LogP contribution in [0.5, 0.6) is 5.75 Å². The van der Waals surface area contributed by atoms with Gasteiger partial charge in [0.15, 0.2) is 0 Å². The maximum Gasteiger partial charge on any atom is 0.251 e. The molecule has 1 N–H and O–H groups in total. The second-order valence-electron chi connectivity index (χ2n) is 5.18. The SMILES string of the molecule is COc1cc(C(=O)NC(C)CCc2ccco2)ccc1C. The Morgan fingerprint density at radius 2 is 2.19 bits per heavy atom. The minimum atomic E-state index is -0.0831. The highest BCUT2D eigenvalue weighted by Gasteiger charge is 2.12. The highest BCUT2D eigenvalue weighted by Crippen LogP contribution is 2.19.